The standard InChI is InChI=1S/C21H23FN4O2S/c1-15-3-9-18(10-4-15)24-20-12-26(29(27,28)21-13-25(2)14-23-21)11-19(20)16-5-7-17(22)8-6-16/h3-10,13-14,19-20,24H,11-12H2,1-2H3/t19-,20+/m1/s1. The van der Waals surface area contributed by atoms with Crippen LogP contribution >= 0.6 is 0 Å². The maximum Gasteiger partial charge on any atom is 0.262 e. The molecule has 8 heteroatoms. The van der Waals surface area contributed by atoms with E-state index in [9.17, 15) is 12.8 Å². The van der Waals surface area contributed by atoms with Gasteiger partial charge in [-0.15, -0.1) is 0 Å². The molecule has 1 N–H and O–H groups in total. The number of hydrogen-bond donors (Lipinski definition) is 1. The van der Waals surface area contributed by atoms with Crippen molar-refractivity contribution in [2.24, 2.45) is 7.05 Å². The summed E-state index contributed by atoms with van der Waals surface area (Å²) in [5, 5.41) is 3.50. The predicted molar refractivity (Wildman–Crippen MR) is 110 cm³/mol. The van der Waals surface area contributed by atoms with Gasteiger partial charge in [-0.1, -0.05) is 29.8 Å². The van der Waals surface area contributed by atoms with Crippen LogP contribution in [-0.4, -0.2) is 41.4 Å². The van der Waals surface area contributed by atoms with E-state index in [0.29, 0.717) is 13.1 Å². The van der Waals surface area contributed by atoms with E-state index in [4.69, 9.17) is 0 Å². The molecule has 6 nitrogen and oxygen atoms in total. The minimum atomic E-state index is -3.71. The van der Waals surface area contributed by atoms with Crippen molar-refractivity contribution in [3.63, 3.8) is 0 Å². The third-order valence-electron chi connectivity index (χ3n) is 5.27. The Balaban J connectivity index is 1.65. The molecule has 3 aromatic rings. The number of aromatic nitrogens is 2. The highest BCUT2D eigenvalue weighted by molar-refractivity contribution is 7.89. The zero-order chi connectivity index (χ0) is 20.6. The Labute approximate surface area is 170 Å². The van der Waals surface area contributed by atoms with E-state index in [1.54, 1.807) is 23.7 Å². The van der Waals surface area contributed by atoms with E-state index in [1.807, 2.05) is 31.2 Å². The summed E-state index contributed by atoms with van der Waals surface area (Å²) in [7, 11) is -1.98. The topological polar surface area (TPSA) is 67.2 Å². The Morgan fingerprint density at radius 1 is 1.07 bits per heavy atom. The first-order chi connectivity index (χ1) is 13.8. The molecule has 1 fully saturated rings. The summed E-state index contributed by atoms with van der Waals surface area (Å²) in [4.78, 5) is 4.02. The second-order valence-corrected chi connectivity index (χ2v) is 9.36. The molecule has 1 aliphatic rings. The summed E-state index contributed by atoms with van der Waals surface area (Å²) < 4.78 is 42.6. The number of halogens is 1. The average molecular weight is 415 g/mol. The van der Waals surface area contributed by atoms with Crippen molar-refractivity contribution in [3.05, 3.63) is 78.0 Å². The van der Waals surface area contributed by atoms with Crippen LogP contribution in [-0.2, 0) is 17.1 Å². The van der Waals surface area contributed by atoms with E-state index in [-0.39, 0.29) is 22.8 Å². The first-order valence-electron chi connectivity index (χ1n) is 9.40. The van der Waals surface area contributed by atoms with Crippen molar-refractivity contribution in [1.29, 1.82) is 0 Å². The lowest BCUT2D eigenvalue weighted by Gasteiger charge is -2.21. The van der Waals surface area contributed by atoms with Crippen LogP contribution in [0.5, 0.6) is 0 Å². The molecule has 152 valence electrons. The summed E-state index contributed by atoms with van der Waals surface area (Å²) in [5.74, 6) is -0.428. The Bertz CT molecular complexity index is 1090. The van der Waals surface area contributed by atoms with E-state index in [1.165, 1.54) is 29.0 Å². The van der Waals surface area contributed by atoms with Crippen molar-refractivity contribution >= 4 is 15.7 Å². The molecule has 0 bridgehead atoms. The van der Waals surface area contributed by atoms with Gasteiger partial charge in [0.15, 0.2) is 5.03 Å². The van der Waals surface area contributed by atoms with Gasteiger partial charge in [-0.05, 0) is 36.8 Å². The summed E-state index contributed by atoms with van der Waals surface area (Å²) in [6.07, 6.45) is 2.98. The highest BCUT2D eigenvalue weighted by atomic mass is 32.2. The van der Waals surface area contributed by atoms with Gasteiger partial charge in [-0.25, -0.2) is 17.8 Å². The molecule has 4 rings (SSSR count). The average Bonchev–Trinajstić information content (AvgIpc) is 3.32. The highest BCUT2D eigenvalue weighted by Crippen LogP contribution is 2.33. The van der Waals surface area contributed by atoms with Gasteiger partial charge in [0, 0.05) is 44.0 Å². The smallest absolute Gasteiger partial charge is 0.262 e. The molecule has 1 saturated heterocycles. The molecule has 29 heavy (non-hydrogen) atoms. The molecule has 2 atom stereocenters. The van der Waals surface area contributed by atoms with E-state index in [0.717, 1.165) is 16.8 Å². The third-order valence-corrected chi connectivity index (χ3v) is 6.99. The lowest BCUT2D eigenvalue weighted by atomic mass is 9.94. The Morgan fingerprint density at radius 3 is 2.38 bits per heavy atom. The first-order valence-corrected chi connectivity index (χ1v) is 10.8. The Kier molecular flexibility index (Phi) is 5.14. The second-order valence-electron chi connectivity index (χ2n) is 7.47. The molecule has 0 saturated carbocycles. The van der Waals surface area contributed by atoms with Gasteiger partial charge in [0.2, 0.25) is 0 Å². The molecular weight excluding hydrogens is 391 g/mol. The molecule has 2 aromatic carbocycles. The number of rotatable bonds is 5. The minimum Gasteiger partial charge on any atom is -0.380 e. The summed E-state index contributed by atoms with van der Waals surface area (Å²) >= 11 is 0. The lowest BCUT2D eigenvalue weighted by Crippen LogP contribution is -2.32. The fourth-order valence-electron chi connectivity index (χ4n) is 3.68. The van der Waals surface area contributed by atoms with Crippen molar-refractivity contribution in [2.45, 2.75) is 23.9 Å². The number of aryl methyl sites for hydroxylation is 2. The van der Waals surface area contributed by atoms with Crippen LogP contribution in [0.15, 0.2) is 66.1 Å². The molecular formula is C21H23FN4O2S. The normalized spacial score (nSPS) is 20.1. The predicted octanol–water partition coefficient (Wildman–Crippen LogP) is 3.14. The fraction of sp³-hybridized carbons (Fsp3) is 0.286. The SMILES string of the molecule is Cc1ccc(N[C@H]2CN(S(=O)(=O)c3cn(C)cn3)C[C@@H]2c2ccc(F)cc2)cc1. The molecule has 0 radical (unpaired) electrons. The van der Waals surface area contributed by atoms with Gasteiger partial charge < -0.3 is 9.88 Å². The van der Waals surface area contributed by atoms with Gasteiger partial charge in [0.05, 0.1) is 6.33 Å². The van der Waals surface area contributed by atoms with E-state index < -0.39 is 10.0 Å². The Morgan fingerprint density at radius 2 is 1.76 bits per heavy atom. The highest BCUT2D eigenvalue weighted by Gasteiger charge is 2.41. The van der Waals surface area contributed by atoms with E-state index >= 15 is 0 Å². The van der Waals surface area contributed by atoms with Crippen LogP contribution in [0, 0.1) is 12.7 Å². The summed E-state index contributed by atoms with van der Waals surface area (Å²) in [5.41, 5.74) is 2.97. The molecule has 0 unspecified atom stereocenters. The van der Waals surface area contributed by atoms with E-state index in [2.05, 4.69) is 10.3 Å². The molecule has 2 heterocycles. The van der Waals surface area contributed by atoms with Gasteiger partial charge >= 0.3 is 0 Å². The van der Waals surface area contributed by atoms with Crippen molar-refractivity contribution in [1.82, 2.24) is 13.9 Å². The van der Waals surface area contributed by atoms with Gasteiger partial charge in [-0.2, -0.15) is 4.31 Å². The third kappa shape index (κ3) is 4.04. The zero-order valence-electron chi connectivity index (χ0n) is 16.3. The monoisotopic (exact) mass is 414 g/mol. The fourth-order valence-corrected chi connectivity index (χ4v) is 5.13. The number of nitrogens with zero attached hydrogens (tertiary/aromatic N) is 3. The largest absolute Gasteiger partial charge is 0.380 e. The van der Waals surface area contributed by atoms with Crippen LogP contribution in [0.2, 0.25) is 0 Å². The van der Waals surface area contributed by atoms with Crippen molar-refractivity contribution in [2.75, 3.05) is 18.4 Å². The van der Waals surface area contributed by atoms with Crippen LogP contribution in [0.3, 0.4) is 0 Å². The quantitative estimate of drug-likeness (QED) is 0.697. The van der Waals surface area contributed by atoms with Crippen LogP contribution in [0.1, 0.15) is 17.0 Å². The lowest BCUT2D eigenvalue weighted by molar-refractivity contribution is 0.468. The number of sulfonamides is 1. The number of imidazole rings is 1. The van der Waals surface area contributed by atoms with Crippen LogP contribution in [0.4, 0.5) is 10.1 Å². The maximum atomic E-state index is 13.4. The Hall–Kier alpha value is -2.71. The number of benzene rings is 2. The van der Waals surface area contributed by atoms with Crippen molar-refractivity contribution in [3.8, 4) is 0 Å². The number of anilines is 1. The van der Waals surface area contributed by atoms with Gasteiger partial charge in [0.25, 0.3) is 10.0 Å². The van der Waals surface area contributed by atoms with Gasteiger partial charge in [-0.3, -0.25) is 0 Å². The van der Waals surface area contributed by atoms with Gasteiger partial charge in [0.1, 0.15) is 5.82 Å². The van der Waals surface area contributed by atoms with Crippen molar-refractivity contribution < 1.29 is 12.8 Å². The molecule has 0 spiro atoms. The molecule has 1 aliphatic heterocycles. The molecule has 0 aliphatic carbocycles. The second kappa shape index (κ2) is 7.61. The first kappa shape index (κ1) is 19.6. The van der Waals surface area contributed by atoms with Crippen LogP contribution < -0.4 is 5.32 Å². The number of nitrogens with one attached hydrogen (secondary N) is 1. The summed E-state index contributed by atoms with van der Waals surface area (Å²) in [6, 6.07) is 14.1. The number of hydrogen-bond acceptors (Lipinski definition) is 4. The summed E-state index contributed by atoms with van der Waals surface area (Å²) in [6.45, 7) is 2.62. The minimum absolute atomic E-state index is 0.0360. The maximum absolute atomic E-state index is 13.4. The van der Waals surface area contributed by atoms with Crippen LogP contribution in [0.25, 0.3) is 0 Å². The zero-order valence-corrected chi connectivity index (χ0v) is 17.1. The molecule has 0 amide bonds. The molecule has 1 aromatic heterocycles.